The quantitative estimate of drug-likeness (QED) is 0.201. The average Bonchev–Trinajstić information content (AvgIpc) is 3.73. The van der Waals surface area contributed by atoms with Crippen LogP contribution < -0.4 is 5.32 Å². The Morgan fingerprint density at radius 3 is 1.57 bits per heavy atom. The van der Waals surface area contributed by atoms with Gasteiger partial charge in [0.05, 0.1) is 34.8 Å². The molecule has 0 spiro atoms. The third-order valence-electron chi connectivity index (χ3n) is 7.21. The molecule has 0 fully saturated rings. The van der Waals surface area contributed by atoms with Crippen LogP contribution in [0.3, 0.4) is 0 Å². The number of amides is 1. The maximum absolute atomic E-state index is 12.1. The van der Waals surface area contributed by atoms with Gasteiger partial charge in [0.1, 0.15) is 0 Å². The smallest absolute Gasteiger partial charge is 0.249 e. The molecule has 7 rings (SSSR count). The lowest BCUT2D eigenvalue weighted by Crippen LogP contribution is -2.09. The predicted molar refractivity (Wildman–Crippen MR) is 191 cm³/mol. The van der Waals surface area contributed by atoms with Crippen LogP contribution in [0.4, 0.5) is 5.69 Å². The van der Waals surface area contributed by atoms with Crippen LogP contribution >= 0.6 is 15.9 Å². The third kappa shape index (κ3) is 7.58. The number of aromatic nitrogens is 6. The second kappa shape index (κ2) is 13.3. The summed E-state index contributed by atoms with van der Waals surface area (Å²) in [6.45, 7) is 1.47. The molecule has 7 aromatic rings. The molecule has 1 N–H and O–H groups in total. The zero-order chi connectivity index (χ0) is 34.9. The van der Waals surface area contributed by atoms with Crippen LogP contribution in [-0.2, 0) is 24.5 Å². The van der Waals surface area contributed by atoms with E-state index in [0.29, 0.717) is 22.4 Å². The molecule has 0 aliphatic heterocycles. The Hall–Kier alpha value is -5.25. The average molecular weight is 759 g/mol. The molecule has 4 aromatic heterocycles. The van der Waals surface area contributed by atoms with Crippen molar-refractivity contribution in [1.29, 1.82) is 0 Å². The molecular weight excluding hydrogens is 730 g/mol. The number of sulfone groups is 2. The number of rotatable bonds is 6. The normalized spacial score (nSPS) is 11.7. The zero-order valence-corrected chi connectivity index (χ0v) is 29.5. The van der Waals surface area contributed by atoms with Gasteiger partial charge in [0, 0.05) is 40.7 Å². The number of benzene rings is 3. The van der Waals surface area contributed by atoms with E-state index in [4.69, 9.17) is 0 Å². The number of halogens is 1. The zero-order valence-electron chi connectivity index (χ0n) is 26.3. The highest BCUT2D eigenvalue weighted by molar-refractivity contribution is 9.10. The number of hydrogen-bond donors (Lipinski definition) is 1. The van der Waals surface area contributed by atoms with E-state index >= 15 is 0 Å². The molecule has 4 heterocycles. The van der Waals surface area contributed by atoms with Crippen LogP contribution in [0.2, 0.25) is 0 Å². The molecule has 0 atom stereocenters. The first kappa shape index (κ1) is 33.6. The van der Waals surface area contributed by atoms with Gasteiger partial charge in [0.25, 0.3) is 0 Å². The van der Waals surface area contributed by atoms with Gasteiger partial charge in [-0.15, -0.1) is 0 Å². The highest BCUT2D eigenvalue weighted by atomic mass is 79.9. The second-order valence-corrected chi connectivity index (χ2v) is 15.8. The van der Waals surface area contributed by atoms with Gasteiger partial charge >= 0.3 is 0 Å². The Labute approximate surface area is 290 Å². The van der Waals surface area contributed by atoms with Crippen molar-refractivity contribution in [3.8, 4) is 33.6 Å². The summed E-state index contributed by atoms with van der Waals surface area (Å²) in [6.07, 6.45) is 5.34. The molecule has 0 aliphatic rings. The fourth-order valence-electron chi connectivity index (χ4n) is 5.02. The number of carbonyl (C=O) groups is 1. The summed E-state index contributed by atoms with van der Waals surface area (Å²) in [5, 5.41) is 10.7. The molecule has 0 bridgehead atoms. The van der Waals surface area contributed by atoms with Gasteiger partial charge in [-0.25, -0.2) is 35.8 Å². The summed E-state index contributed by atoms with van der Waals surface area (Å²) in [4.78, 5) is 19.8. The number of anilines is 1. The summed E-state index contributed by atoms with van der Waals surface area (Å²) in [6, 6.07) is 29.8. The monoisotopic (exact) mass is 757 g/mol. The van der Waals surface area contributed by atoms with E-state index in [1.807, 2.05) is 78.9 Å². The lowest BCUT2D eigenvalue weighted by Gasteiger charge is -2.09. The lowest BCUT2D eigenvalue weighted by molar-refractivity contribution is -0.114. The van der Waals surface area contributed by atoms with Crippen LogP contribution in [0.5, 0.6) is 0 Å². The van der Waals surface area contributed by atoms with Crippen molar-refractivity contribution in [2.24, 2.45) is 0 Å². The van der Waals surface area contributed by atoms with E-state index < -0.39 is 19.7 Å². The molecule has 3 aromatic carbocycles. The van der Waals surface area contributed by atoms with E-state index in [1.54, 1.807) is 30.6 Å². The predicted octanol–water partition coefficient (Wildman–Crippen LogP) is 5.99. The minimum absolute atomic E-state index is 0.0575. The van der Waals surface area contributed by atoms with E-state index in [1.165, 1.54) is 16.0 Å². The van der Waals surface area contributed by atoms with Crippen molar-refractivity contribution < 1.29 is 21.6 Å². The summed E-state index contributed by atoms with van der Waals surface area (Å²) in [5.41, 5.74) is 6.80. The Morgan fingerprint density at radius 1 is 0.633 bits per heavy atom. The van der Waals surface area contributed by atoms with Gasteiger partial charge in [-0.05, 0) is 59.7 Å². The standard InChI is InChI=1S/C21H18N4O3S.C13H10BrN3O2S/c1-14(26)23-18-5-3-4-17(12-18)15-6-8-16(9-7-15)20-13-19-10-11-22-25(19)21(24-20)29(2,27)28;1-20(18,19)13-16-12(8-11-6-7-15-17(11)13)9-2-4-10(14)5-3-9/h3-13H,1-2H3,(H,23,26);2-8H,1H3. The molecule has 0 saturated carbocycles. The fraction of sp³-hybridized carbons (Fsp3) is 0.0882. The van der Waals surface area contributed by atoms with Crippen molar-refractivity contribution in [3.63, 3.8) is 0 Å². The van der Waals surface area contributed by atoms with Crippen molar-refractivity contribution in [1.82, 2.24) is 29.2 Å². The molecule has 248 valence electrons. The maximum Gasteiger partial charge on any atom is 0.249 e. The molecule has 0 aliphatic carbocycles. The summed E-state index contributed by atoms with van der Waals surface area (Å²) in [5.74, 6) is -0.125. The topological polar surface area (TPSA) is 158 Å². The summed E-state index contributed by atoms with van der Waals surface area (Å²) >= 11 is 3.37. The highest BCUT2D eigenvalue weighted by Gasteiger charge is 2.18. The minimum atomic E-state index is -3.54. The lowest BCUT2D eigenvalue weighted by atomic mass is 10.0. The van der Waals surface area contributed by atoms with Crippen LogP contribution in [0.15, 0.2) is 124 Å². The van der Waals surface area contributed by atoms with Crippen molar-refractivity contribution >= 4 is 58.2 Å². The Morgan fingerprint density at radius 2 is 1.10 bits per heavy atom. The molecule has 0 unspecified atom stereocenters. The number of nitrogens with one attached hydrogen (secondary N) is 1. The highest BCUT2D eigenvalue weighted by Crippen LogP contribution is 2.28. The summed E-state index contributed by atoms with van der Waals surface area (Å²) in [7, 11) is -7.00. The van der Waals surface area contributed by atoms with Gasteiger partial charge in [0.15, 0.2) is 0 Å². The van der Waals surface area contributed by atoms with Crippen LogP contribution in [0.25, 0.3) is 44.7 Å². The second-order valence-electron chi connectivity index (χ2n) is 11.1. The number of carbonyl (C=O) groups excluding carboxylic acids is 1. The molecular formula is C34H28BrN7O5S2. The molecule has 1 amide bonds. The molecule has 12 nitrogen and oxygen atoms in total. The molecule has 49 heavy (non-hydrogen) atoms. The first-order valence-corrected chi connectivity index (χ1v) is 19.2. The first-order chi connectivity index (χ1) is 23.3. The van der Waals surface area contributed by atoms with Crippen LogP contribution in [0.1, 0.15) is 6.92 Å². The van der Waals surface area contributed by atoms with Crippen molar-refractivity contribution in [3.05, 3.63) is 114 Å². The Kier molecular flexibility index (Phi) is 9.16. The fourth-order valence-corrected chi connectivity index (χ4v) is 6.75. The first-order valence-electron chi connectivity index (χ1n) is 14.6. The van der Waals surface area contributed by atoms with Crippen LogP contribution in [-0.4, -0.2) is 64.5 Å². The number of fused-ring (bicyclic) bond motifs is 2. The van der Waals surface area contributed by atoms with Gasteiger partial charge < -0.3 is 5.32 Å². The van der Waals surface area contributed by atoms with Crippen LogP contribution in [0, 0.1) is 0 Å². The Balaban J connectivity index is 0.000000182. The molecule has 15 heteroatoms. The Bertz CT molecular complexity index is 2570. The van der Waals surface area contributed by atoms with Gasteiger partial charge in [-0.3, -0.25) is 4.79 Å². The van der Waals surface area contributed by atoms with Gasteiger partial charge in [0.2, 0.25) is 35.9 Å². The van der Waals surface area contributed by atoms with Crippen molar-refractivity contribution in [2.45, 2.75) is 17.2 Å². The maximum atomic E-state index is 12.1. The number of nitrogens with zero attached hydrogens (tertiary/aromatic N) is 6. The largest absolute Gasteiger partial charge is 0.326 e. The van der Waals surface area contributed by atoms with E-state index in [2.05, 4.69) is 41.4 Å². The summed E-state index contributed by atoms with van der Waals surface area (Å²) < 4.78 is 51.6. The van der Waals surface area contributed by atoms with Gasteiger partial charge in [-0.1, -0.05) is 64.5 Å². The van der Waals surface area contributed by atoms with E-state index in [-0.39, 0.29) is 16.2 Å². The molecule has 0 radical (unpaired) electrons. The molecule has 0 saturated heterocycles. The van der Waals surface area contributed by atoms with E-state index in [0.717, 1.165) is 44.9 Å². The van der Waals surface area contributed by atoms with Gasteiger partial charge in [-0.2, -0.15) is 10.2 Å². The number of hydrogen-bond acceptors (Lipinski definition) is 9. The SMILES string of the molecule is CC(=O)Nc1cccc(-c2ccc(-c3cc4ccnn4c(S(C)(=O)=O)n3)cc2)c1.CS(=O)(=O)c1nc(-c2ccc(Br)cc2)cc2ccnn12. The van der Waals surface area contributed by atoms with Crippen molar-refractivity contribution in [2.75, 3.05) is 17.8 Å². The third-order valence-corrected chi connectivity index (χ3v) is 9.59. The minimum Gasteiger partial charge on any atom is -0.326 e. The van der Waals surface area contributed by atoms with E-state index in [9.17, 15) is 21.6 Å².